The summed E-state index contributed by atoms with van der Waals surface area (Å²) < 4.78 is 5.28. The lowest BCUT2D eigenvalue weighted by Gasteiger charge is -2.37. The van der Waals surface area contributed by atoms with Crippen LogP contribution in [0.15, 0.2) is 0 Å². The first kappa shape index (κ1) is 13.9. The van der Waals surface area contributed by atoms with Crippen molar-refractivity contribution in [2.45, 2.75) is 51.3 Å². The van der Waals surface area contributed by atoms with Crippen LogP contribution in [-0.2, 0) is 4.74 Å². The molecule has 0 aromatic carbocycles. The first-order chi connectivity index (χ1) is 7.52. The van der Waals surface area contributed by atoms with E-state index >= 15 is 0 Å². The molecule has 0 bridgehead atoms. The molecule has 1 aliphatic carbocycles. The summed E-state index contributed by atoms with van der Waals surface area (Å²) in [6.07, 6.45) is 4.12. The van der Waals surface area contributed by atoms with E-state index in [0.717, 1.165) is 12.5 Å². The predicted octanol–water partition coefficient (Wildman–Crippen LogP) is 1.73. The van der Waals surface area contributed by atoms with E-state index in [1.54, 1.807) is 0 Å². The molecule has 16 heavy (non-hydrogen) atoms. The van der Waals surface area contributed by atoms with Gasteiger partial charge in [-0.15, -0.1) is 0 Å². The summed E-state index contributed by atoms with van der Waals surface area (Å²) in [5.41, 5.74) is 0. The fourth-order valence-electron chi connectivity index (χ4n) is 2.25. The Balaban J connectivity index is 2.18. The number of methoxy groups -OCH3 is 1. The van der Waals surface area contributed by atoms with Gasteiger partial charge in [-0.2, -0.15) is 0 Å². The molecule has 0 aliphatic heterocycles. The van der Waals surface area contributed by atoms with Crippen molar-refractivity contribution in [3.63, 3.8) is 0 Å². The van der Waals surface area contributed by atoms with Crippen molar-refractivity contribution in [3.05, 3.63) is 0 Å². The molecule has 1 atom stereocenters. The molecule has 0 saturated heterocycles. The molecule has 1 saturated carbocycles. The predicted molar refractivity (Wildman–Crippen MR) is 68.8 cm³/mol. The highest BCUT2D eigenvalue weighted by atomic mass is 16.5. The molecule has 0 heterocycles. The summed E-state index contributed by atoms with van der Waals surface area (Å²) in [4.78, 5) is 2.33. The van der Waals surface area contributed by atoms with Crippen LogP contribution in [0.5, 0.6) is 0 Å². The van der Waals surface area contributed by atoms with Crippen molar-refractivity contribution in [1.29, 1.82) is 0 Å². The second kappa shape index (κ2) is 6.58. The molecule has 0 amide bonds. The van der Waals surface area contributed by atoms with Crippen LogP contribution in [0.25, 0.3) is 0 Å². The molecule has 0 aromatic heterocycles. The van der Waals surface area contributed by atoms with E-state index in [2.05, 4.69) is 38.2 Å². The number of ether oxygens (including phenoxy) is 1. The van der Waals surface area contributed by atoms with Crippen LogP contribution in [0, 0.1) is 5.92 Å². The van der Waals surface area contributed by atoms with Crippen LogP contribution >= 0.6 is 0 Å². The van der Waals surface area contributed by atoms with Gasteiger partial charge in [0.2, 0.25) is 0 Å². The Hall–Kier alpha value is -0.120. The number of likely N-dealkylation sites (N-methyl/N-ethyl adjacent to an activating group) is 1. The van der Waals surface area contributed by atoms with Crippen LogP contribution in [0.1, 0.15) is 33.1 Å². The fraction of sp³-hybridized carbons (Fsp3) is 1.00. The summed E-state index contributed by atoms with van der Waals surface area (Å²) in [7, 11) is 6.16. The van der Waals surface area contributed by atoms with Gasteiger partial charge >= 0.3 is 0 Å². The van der Waals surface area contributed by atoms with Gasteiger partial charge in [-0.25, -0.2) is 0 Å². The number of hydrogen-bond acceptors (Lipinski definition) is 3. The van der Waals surface area contributed by atoms with Gasteiger partial charge in [0.15, 0.2) is 0 Å². The summed E-state index contributed by atoms with van der Waals surface area (Å²) in [6, 6.07) is 1.33. The summed E-state index contributed by atoms with van der Waals surface area (Å²) in [5.74, 6) is 0.766. The topological polar surface area (TPSA) is 24.5 Å². The fourth-order valence-corrected chi connectivity index (χ4v) is 2.25. The van der Waals surface area contributed by atoms with Crippen LogP contribution in [0.3, 0.4) is 0 Å². The first-order valence-corrected chi connectivity index (χ1v) is 6.45. The van der Waals surface area contributed by atoms with Crippen molar-refractivity contribution >= 4 is 0 Å². The minimum absolute atomic E-state index is 0.500. The second-order valence-electron chi connectivity index (χ2n) is 5.68. The van der Waals surface area contributed by atoms with Crippen LogP contribution in [-0.4, -0.2) is 50.8 Å². The standard InChI is InChI=1S/C13H28N2O/c1-10(2)6-12(15(3)4)9-14-11-7-13(8-11)16-5/h10-14H,6-9H2,1-5H3. The third kappa shape index (κ3) is 4.40. The Morgan fingerprint density at radius 2 is 1.94 bits per heavy atom. The lowest BCUT2D eigenvalue weighted by molar-refractivity contribution is 0.0156. The maximum atomic E-state index is 5.28. The highest BCUT2D eigenvalue weighted by Gasteiger charge is 2.29. The molecule has 1 fully saturated rings. The Bertz CT molecular complexity index is 188. The van der Waals surface area contributed by atoms with Crippen LogP contribution < -0.4 is 5.32 Å². The monoisotopic (exact) mass is 228 g/mol. The Kier molecular flexibility index (Phi) is 5.73. The lowest BCUT2D eigenvalue weighted by atomic mass is 9.89. The van der Waals surface area contributed by atoms with E-state index in [4.69, 9.17) is 4.74 Å². The number of nitrogens with zero attached hydrogens (tertiary/aromatic N) is 1. The van der Waals surface area contributed by atoms with Gasteiger partial charge in [0, 0.05) is 25.7 Å². The van der Waals surface area contributed by atoms with Gasteiger partial charge in [-0.1, -0.05) is 13.8 Å². The normalized spacial score (nSPS) is 27.2. The third-order valence-electron chi connectivity index (χ3n) is 3.54. The van der Waals surface area contributed by atoms with Crippen molar-refractivity contribution in [2.24, 2.45) is 5.92 Å². The molecular weight excluding hydrogens is 200 g/mol. The molecule has 3 nitrogen and oxygen atoms in total. The zero-order chi connectivity index (χ0) is 12.1. The van der Waals surface area contributed by atoms with E-state index in [9.17, 15) is 0 Å². The molecule has 1 unspecified atom stereocenters. The van der Waals surface area contributed by atoms with Gasteiger partial charge in [0.25, 0.3) is 0 Å². The first-order valence-electron chi connectivity index (χ1n) is 6.45. The summed E-state index contributed by atoms with van der Waals surface area (Å²) >= 11 is 0. The van der Waals surface area contributed by atoms with Crippen molar-refractivity contribution in [2.75, 3.05) is 27.7 Å². The zero-order valence-electron chi connectivity index (χ0n) is 11.5. The number of hydrogen-bond donors (Lipinski definition) is 1. The van der Waals surface area contributed by atoms with E-state index in [0.29, 0.717) is 18.2 Å². The lowest BCUT2D eigenvalue weighted by Crippen LogP contribution is -2.49. The zero-order valence-corrected chi connectivity index (χ0v) is 11.5. The molecule has 1 rings (SSSR count). The Labute approximate surface area is 101 Å². The van der Waals surface area contributed by atoms with E-state index < -0.39 is 0 Å². The maximum Gasteiger partial charge on any atom is 0.0601 e. The molecule has 1 N–H and O–H groups in total. The van der Waals surface area contributed by atoms with Gasteiger partial charge in [-0.3, -0.25) is 0 Å². The van der Waals surface area contributed by atoms with Gasteiger partial charge in [0.1, 0.15) is 0 Å². The molecule has 96 valence electrons. The second-order valence-corrected chi connectivity index (χ2v) is 5.68. The smallest absolute Gasteiger partial charge is 0.0601 e. The SMILES string of the molecule is COC1CC(NCC(CC(C)C)N(C)C)C1. The molecule has 1 aliphatic rings. The minimum Gasteiger partial charge on any atom is -0.381 e. The van der Waals surface area contributed by atoms with Crippen molar-refractivity contribution < 1.29 is 4.74 Å². The van der Waals surface area contributed by atoms with Gasteiger partial charge < -0.3 is 15.0 Å². The molecule has 0 radical (unpaired) electrons. The molecule has 0 aromatic rings. The molecular formula is C13H28N2O. The maximum absolute atomic E-state index is 5.28. The average Bonchev–Trinajstić information content (AvgIpc) is 2.13. The number of rotatable bonds is 7. The van der Waals surface area contributed by atoms with Crippen LogP contribution in [0.2, 0.25) is 0 Å². The van der Waals surface area contributed by atoms with Gasteiger partial charge in [-0.05, 0) is 39.3 Å². The van der Waals surface area contributed by atoms with Crippen molar-refractivity contribution in [1.82, 2.24) is 10.2 Å². The van der Waals surface area contributed by atoms with E-state index in [-0.39, 0.29) is 0 Å². The molecule has 0 spiro atoms. The quantitative estimate of drug-likeness (QED) is 0.718. The summed E-state index contributed by atoms with van der Waals surface area (Å²) in [6.45, 7) is 5.69. The number of nitrogens with one attached hydrogen (secondary N) is 1. The highest BCUT2D eigenvalue weighted by molar-refractivity contribution is 4.87. The summed E-state index contributed by atoms with van der Waals surface area (Å²) in [5, 5.41) is 3.65. The minimum atomic E-state index is 0.500. The van der Waals surface area contributed by atoms with Crippen molar-refractivity contribution in [3.8, 4) is 0 Å². The highest BCUT2D eigenvalue weighted by Crippen LogP contribution is 2.22. The average molecular weight is 228 g/mol. The third-order valence-corrected chi connectivity index (χ3v) is 3.54. The Morgan fingerprint density at radius 3 is 2.38 bits per heavy atom. The van der Waals surface area contributed by atoms with E-state index in [1.807, 2.05) is 7.11 Å². The molecule has 3 heteroatoms. The Morgan fingerprint density at radius 1 is 1.31 bits per heavy atom. The largest absolute Gasteiger partial charge is 0.381 e. The van der Waals surface area contributed by atoms with Crippen LogP contribution in [0.4, 0.5) is 0 Å². The van der Waals surface area contributed by atoms with Gasteiger partial charge in [0.05, 0.1) is 6.10 Å². The van der Waals surface area contributed by atoms with E-state index in [1.165, 1.54) is 19.3 Å².